The van der Waals surface area contributed by atoms with E-state index in [0.717, 1.165) is 0 Å². The fourth-order valence-electron chi connectivity index (χ4n) is 7.53. The Bertz CT molecular complexity index is 2660. The van der Waals surface area contributed by atoms with Crippen LogP contribution in [0, 0.1) is 0 Å². The second-order valence-corrected chi connectivity index (χ2v) is 11.3. The Morgan fingerprint density at radius 1 is 0.381 bits per heavy atom. The van der Waals surface area contributed by atoms with Crippen molar-refractivity contribution in [2.24, 2.45) is 0 Å². The molecule has 10 aromatic rings. The third-order valence-electron chi connectivity index (χ3n) is 9.23. The Kier molecular flexibility index (Phi) is 4.21. The quantitative estimate of drug-likeness (QED) is 0.155. The lowest BCUT2D eigenvalue weighted by molar-refractivity contribution is 1.18. The molecule has 3 heterocycles. The van der Waals surface area contributed by atoms with Crippen LogP contribution < -0.4 is 0 Å². The molecule has 0 spiro atoms. The van der Waals surface area contributed by atoms with Crippen LogP contribution >= 0.6 is 0 Å². The molecule has 0 amide bonds. The highest BCUT2D eigenvalue weighted by Crippen LogP contribution is 2.44. The maximum Gasteiger partial charge on any atom is 0.0625 e. The number of para-hydroxylation sites is 3. The normalized spacial score (nSPS) is 12.3. The van der Waals surface area contributed by atoms with Crippen LogP contribution in [0.1, 0.15) is 0 Å². The lowest BCUT2D eigenvalue weighted by atomic mass is 9.97. The smallest absolute Gasteiger partial charge is 0.0625 e. The number of rotatable bonds is 2. The number of hydrogen-bond acceptors (Lipinski definition) is 0. The largest absolute Gasteiger partial charge is 0.309 e. The van der Waals surface area contributed by atoms with Gasteiger partial charge in [0.15, 0.2) is 0 Å². The van der Waals surface area contributed by atoms with E-state index in [1.165, 1.54) is 87.5 Å². The molecule has 0 aliphatic carbocycles. The fraction of sp³-hybridized carbons (Fsp3) is 0. The molecule has 0 saturated carbocycles. The number of fused-ring (bicyclic) bond motifs is 9. The van der Waals surface area contributed by atoms with Gasteiger partial charge in [-0.3, -0.25) is 0 Å². The van der Waals surface area contributed by atoms with Gasteiger partial charge in [0.1, 0.15) is 0 Å². The Labute approximate surface area is 241 Å². The summed E-state index contributed by atoms with van der Waals surface area (Å²) >= 11 is 0. The maximum atomic E-state index is 2.49. The van der Waals surface area contributed by atoms with Crippen LogP contribution in [0.3, 0.4) is 0 Å². The van der Waals surface area contributed by atoms with Gasteiger partial charge in [0.2, 0.25) is 0 Å². The molecule has 2 nitrogen and oxygen atoms in total. The maximum absolute atomic E-state index is 2.49. The molecule has 0 aliphatic heterocycles. The topological polar surface area (TPSA) is 9.34 Å². The van der Waals surface area contributed by atoms with Crippen LogP contribution in [-0.2, 0) is 0 Å². The summed E-state index contributed by atoms with van der Waals surface area (Å²) in [5, 5.41) is 10.4. The van der Waals surface area contributed by atoms with Crippen molar-refractivity contribution < 1.29 is 0 Å². The van der Waals surface area contributed by atoms with E-state index >= 15 is 0 Å². The van der Waals surface area contributed by atoms with Gasteiger partial charge in [0.25, 0.3) is 0 Å². The first kappa shape index (κ1) is 22.1. The zero-order valence-electron chi connectivity index (χ0n) is 22.8. The van der Waals surface area contributed by atoms with Crippen LogP contribution in [0.25, 0.3) is 87.5 Å². The second kappa shape index (κ2) is 7.99. The summed E-state index contributed by atoms with van der Waals surface area (Å²) in [5.41, 5.74) is 9.95. The van der Waals surface area contributed by atoms with Crippen molar-refractivity contribution in [2.75, 3.05) is 0 Å². The lowest BCUT2D eigenvalue weighted by Crippen LogP contribution is -1.93. The van der Waals surface area contributed by atoms with E-state index in [0.29, 0.717) is 0 Å². The van der Waals surface area contributed by atoms with Gasteiger partial charge >= 0.3 is 0 Å². The molecule has 0 saturated heterocycles. The van der Waals surface area contributed by atoms with Crippen LogP contribution in [-0.4, -0.2) is 8.97 Å². The molecule has 2 heteroatoms. The van der Waals surface area contributed by atoms with E-state index in [2.05, 4.69) is 155 Å². The monoisotopic (exact) mass is 532 g/mol. The molecule has 3 aromatic heterocycles. The minimum Gasteiger partial charge on any atom is -0.309 e. The Balaban J connectivity index is 1.34. The highest BCUT2D eigenvalue weighted by Gasteiger charge is 2.20. The zero-order chi connectivity index (χ0) is 27.4. The molecule has 0 atom stereocenters. The van der Waals surface area contributed by atoms with Crippen LogP contribution in [0.4, 0.5) is 0 Å². The summed E-state index contributed by atoms with van der Waals surface area (Å²) in [7, 11) is 0. The van der Waals surface area contributed by atoms with E-state index < -0.39 is 0 Å². The van der Waals surface area contributed by atoms with Gasteiger partial charge < -0.3 is 8.97 Å². The predicted molar refractivity (Wildman–Crippen MR) is 178 cm³/mol. The first-order valence-corrected chi connectivity index (χ1v) is 14.5. The standard InChI is InChI=1S/C40H24N2/c1-2-11-27(12-3-1)41-35-18-7-5-14-32(35)39-28(15-9-19-37(39)41)26-21-23-36-33(24-26)31-22-20-25-10-8-16-30-29-13-4-6-17-34(29)42(36)40(31)38(25)30/h1-24H. The molecule has 42 heavy (non-hydrogen) atoms. The molecule has 0 unspecified atom stereocenters. The van der Waals surface area contributed by atoms with Gasteiger partial charge in [-0.05, 0) is 64.4 Å². The second-order valence-electron chi connectivity index (χ2n) is 11.3. The predicted octanol–water partition coefficient (Wildman–Crippen LogP) is 10.8. The van der Waals surface area contributed by atoms with Gasteiger partial charge in [-0.15, -0.1) is 0 Å². The number of hydrogen-bond donors (Lipinski definition) is 0. The first-order valence-electron chi connectivity index (χ1n) is 14.5. The van der Waals surface area contributed by atoms with E-state index in [1.807, 2.05) is 0 Å². The molecule has 0 N–H and O–H groups in total. The van der Waals surface area contributed by atoms with Crippen LogP contribution in [0.15, 0.2) is 146 Å². The summed E-state index contributed by atoms with van der Waals surface area (Å²) in [4.78, 5) is 0. The summed E-state index contributed by atoms with van der Waals surface area (Å²) in [6.45, 7) is 0. The van der Waals surface area contributed by atoms with Crippen molar-refractivity contribution >= 4 is 70.7 Å². The minimum absolute atomic E-state index is 1.18. The Morgan fingerprint density at radius 2 is 1.10 bits per heavy atom. The molecule has 7 aromatic carbocycles. The number of nitrogens with zero attached hydrogens (tertiary/aromatic N) is 2. The molecule has 10 rings (SSSR count). The van der Waals surface area contributed by atoms with Crippen LogP contribution in [0.5, 0.6) is 0 Å². The highest BCUT2D eigenvalue weighted by molar-refractivity contribution is 6.29. The van der Waals surface area contributed by atoms with Crippen molar-refractivity contribution in [2.45, 2.75) is 0 Å². The average molecular weight is 533 g/mol. The Hall–Kier alpha value is -5.60. The summed E-state index contributed by atoms with van der Waals surface area (Å²) in [6.07, 6.45) is 0. The van der Waals surface area contributed by atoms with Crippen molar-refractivity contribution in [3.63, 3.8) is 0 Å². The van der Waals surface area contributed by atoms with E-state index in [4.69, 9.17) is 0 Å². The average Bonchev–Trinajstić information content (AvgIpc) is 3.58. The van der Waals surface area contributed by atoms with Crippen molar-refractivity contribution in [1.82, 2.24) is 8.97 Å². The number of aromatic nitrogens is 2. The molecular weight excluding hydrogens is 508 g/mol. The van der Waals surface area contributed by atoms with Crippen molar-refractivity contribution in [1.29, 1.82) is 0 Å². The van der Waals surface area contributed by atoms with Crippen molar-refractivity contribution in [3.05, 3.63) is 146 Å². The SMILES string of the molecule is c1ccc(-n2c3ccccc3c3c(-c4ccc5c(c4)c4ccc6cccc7c8ccccc8n5c4c67)cccc32)cc1. The van der Waals surface area contributed by atoms with Gasteiger partial charge in [-0.2, -0.15) is 0 Å². The molecule has 0 aliphatic rings. The molecule has 194 valence electrons. The summed E-state index contributed by atoms with van der Waals surface area (Å²) < 4.78 is 4.88. The zero-order valence-corrected chi connectivity index (χ0v) is 22.8. The lowest BCUT2D eigenvalue weighted by Gasteiger charge is -2.12. The third-order valence-corrected chi connectivity index (χ3v) is 9.23. The first-order chi connectivity index (χ1) is 20.9. The van der Waals surface area contributed by atoms with E-state index in [-0.39, 0.29) is 0 Å². The summed E-state index contributed by atoms with van der Waals surface area (Å²) in [5.74, 6) is 0. The number of benzene rings is 7. The van der Waals surface area contributed by atoms with Gasteiger partial charge in [-0.1, -0.05) is 103 Å². The molecule has 0 radical (unpaired) electrons. The van der Waals surface area contributed by atoms with Crippen LogP contribution in [0.2, 0.25) is 0 Å². The van der Waals surface area contributed by atoms with Gasteiger partial charge in [0.05, 0.1) is 27.6 Å². The van der Waals surface area contributed by atoms with Crippen molar-refractivity contribution in [3.8, 4) is 16.8 Å². The molecular formula is C40H24N2. The molecule has 0 fully saturated rings. The fourth-order valence-corrected chi connectivity index (χ4v) is 7.53. The minimum atomic E-state index is 1.18. The van der Waals surface area contributed by atoms with E-state index in [1.54, 1.807) is 0 Å². The van der Waals surface area contributed by atoms with Gasteiger partial charge in [-0.25, -0.2) is 0 Å². The highest BCUT2D eigenvalue weighted by atomic mass is 15.0. The summed E-state index contributed by atoms with van der Waals surface area (Å²) in [6, 6.07) is 53.4. The third kappa shape index (κ3) is 2.74. The number of pyridine rings is 1. The van der Waals surface area contributed by atoms with Gasteiger partial charge in [0, 0.05) is 38.0 Å². The molecule has 0 bridgehead atoms. The van der Waals surface area contributed by atoms with E-state index in [9.17, 15) is 0 Å². The Morgan fingerprint density at radius 3 is 2.00 bits per heavy atom.